The summed E-state index contributed by atoms with van der Waals surface area (Å²) < 4.78 is 12.7. The van der Waals surface area contributed by atoms with Gasteiger partial charge in [0.05, 0.1) is 5.56 Å². The fraction of sp³-hybridized carbons (Fsp3) is 0.462. The predicted molar refractivity (Wildman–Crippen MR) is 64.4 cm³/mol. The predicted octanol–water partition coefficient (Wildman–Crippen LogP) is 2.55. The van der Waals surface area contributed by atoms with Gasteiger partial charge in [0.15, 0.2) is 0 Å². The molecule has 4 heteroatoms. The number of carbonyl (C=O) groups is 1. The van der Waals surface area contributed by atoms with E-state index in [2.05, 4.69) is 19.2 Å². The van der Waals surface area contributed by atoms with Crippen LogP contribution in [0.4, 0.5) is 4.39 Å². The third-order valence-corrected chi connectivity index (χ3v) is 2.93. The number of phenolic OH excluding ortho intramolecular Hbond substituents is 1. The zero-order valence-electron chi connectivity index (χ0n) is 10.3. The molecule has 1 unspecified atom stereocenters. The second-order valence-corrected chi connectivity index (χ2v) is 4.59. The molecular weight excluding hydrogens is 221 g/mol. The van der Waals surface area contributed by atoms with Crippen LogP contribution in [0.3, 0.4) is 0 Å². The second-order valence-electron chi connectivity index (χ2n) is 4.59. The van der Waals surface area contributed by atoms with E-state index in [-0.39, 0.29) is 17.2 Å². The van der Waals surface area contributed by atoms with Crippen LogP contribution in [-0.2, 0) is 0 Å². The number of phenols is 1. The van der Waals surface area contributed by atoms with Crippen molar-refractivity contribution >= 4 is 5.91 Å². The molecule has 0 radical (unpaired) electrons. The summed E-state index contributed by atoms with van der Waals surface area (Å²) in [4.78, 5) is 11.7. The first-order valence-electron chi connectivity index (χ1n) is 5.68. The largest absolute Gasteiger partial charge is 0.507 e. The Kier molecular flexibility index (Phi) is 4.49. The first-order chi connectivity index (χ1) is 7.91. The Balaban J connectivity index is 2.64. The van der Waals surface area contributed by atoms with E-state index >= 15 is 0 Å². The summed E-state index contributed by atoms with van der Waals surface area (Å²) in [5, 5.41) is 12.2. The van der Waals surface area contributed by atoms with Gasteiger partial charge >= 0.3 is 0 Å². The van der Waals surface area contributed by atoms with Crippen LogP contribution in [-0.4, -0.2) is 17.6 Å². The van der Waals surface area contributed by atoms with Crippen LogP contribution in [0.2, 0.25) is 0 Å². The molecule has 1 amide bonds. The van der Waals surface area contributed by atoms with E-state index < -0.39 is 5.82 Å². The maximum Gasteiger partial charge on any atom is 0.255 e. The summed E-state index contributed by atoms with van der Waals surface area (Å²) in [7, 11) is 0. The molecule has 0 heterocycles. The number of hydrogen-bond acceptors (Lipinski definition) is 2. The van der Waals surface area contributed by atoms with E-state index in [9.17, 15) is 14.3 Å². The molecule has 94 valence electrons. The third kappa shape index (κ3) is 3.73. The van der Waals surface area contributed by atoms with Crippen molar-refractivity contribution in [2.24, 2.45) is 11.8 Å². The molecule has 0 aliphatic heterocycles. The van der Waals surface area contributed by atoms with Crippen molar-refractivity contribution in [3.8, 4) is 5.75 Å². The highest BCUT2D eigenvalue weighted by Gasteiger charge is 2.13. The molecule has 0 spiro atoms. The minimum absolute atomic E-state index is 0.0994. The summed E-state index contributed by atoms with van der Waals surface area (Å²) in [6.07, 6.45) is 0. The number of nitrogens with one attached hydrogen (secondary N) is 1. The van der Waals surface area contributed by atoms with Crippen molar-refractivity contribution in [2.45, 2.75) is 20.8 Å². The number of carbonyl (C=O) groups excluding carboxylic acids is 1. The molecular formula is C13H18FNO2. The molecule has 17 heavy (non-hydrogen) atoms. The lowest BCUT2D eigenvalue weighted by molar-refractivity contribution is 0.0942. The van der Waals surface area contributed by atoms with E-state index in [4.69, 9.17) is 0 Å². The smallest absolute Gasteiger partial charge is 0.255 e. The van der Waals surface area contributed by atoms with Gasteiger partial charge in [-0.25, -0.2) is 4.39 Å². The quantitative estimate of drug-likeness (QED) is 0.848. The van der Waals surface area contributed by atoms with Gasteiger partial charge in [0, 0.05) is 12.6 Å². The highest BCUT2D eigenvalue weighted by molar-refractivity contribution is 5.96. The standard InChI is InChI=1S/C13H18FNO2/c1-8(2)9(3)7-15-13(17)11-5-4-10(14)6-12(11)16/h4-6,8-9,16H,7H2,1-3H3,(H,15,17). The number of amides is 1. The molecule has 0 fully saturated rings. The normalized spacial score (nSPS) is 12.5. The lowest BCUT2D eigenvalue weighted by atomic mass is 9.98. The maximum atomic E-state index is 12.7. The van der Waals surface area contributed by atoms with Crippen LogP contribution in [0, 0.1) is 17.7 Å². The molecule has 0 saturated heterocycles. The number of hydrogen-bond donors (Lipinski definition) is 2. The SMILES string of the molecule is CC(C)C(C)CNC(=O)c1ccc(F)cc1O. The van der Waals surface area contributed by atoms with Gasteiger partial charge < -0.3 is 10.4 Å². The molecule has 0 bridgehead atoms. The zero-order chi connectivity index (χ0) is 13.0. The van der Waals surface area contributed by atoms with Crippen molar-refractivity contribution in [3.05, 3.63) is 29.6 Å². The number of rotatable bonds is 4. The molecule has 0 aromatic heterocycles. The van der Waals surface area contributed by atoms with Crippen LogP contribution >= 0.6 is 0 Å². The van der Waals surface area contributed by atoms with Crippen molar-refractivity contribution in [2.75, 3.05) is 6.54 Å². The number of benzene rings is 1. The Morgan fingerprint density at radius 1 is 1.41 bits per heavy atom. The first kappa shape index (κ1) is 13.5. The maximum absolute atomic E-state index is 12.7. The van der Waals surface area contributed by atoms with Crippen LogP contribution in [0.5, 0.6) is 5.75 Å². The summed E-state index contributed by atoms with van der Waals surface area (Å²) in [5.74, 6) is -0.456. The van der Waals surface area contributed by atoms with E-state index in [0.29, 0.717) is 18.4 Å². The Bertz CT molecular complexity index is 404. The molecule has 1 rings (SSSR count). The Morgan fingerprint density at radius 3 is 2.59 bits per heavy atom. The monoisotopic (exact) mass is 239 g/mol. The topological polar surface area (TPSA) is 49.3 Å². The van der Waals surface area contributed by atoms with E-state index in [1.165, 1.54) is 6.07 Å². The van der Waals surface area contributed by atoms with Gasteiger partial charge in [0.2, 0.25) is 0 Å². The molecule has 0 saturated carbocycles. The van der Waals surface area contributed by atoms with Gasteiger partial charge in [0.25, 0.3) is 5.91 Å². The van der Waals surface area contributed by atoms with E-state index in [1.54, 1.807) is 0 Å². The van der Waals surface area contributed by atoms with Crippen molar-refractivity contribution in [1.29, 1.82) is 0 Å². The van der Waals surface area contributed by atoms with Gasteiger partial charge in [-0.2, -0.15) is 0 Å². The number of aromatic hydroxyl groups is 1. The van der Waals surface area contributed by atoms with Crippen LogP contribution in [0.25, 0.3) is 0 Å². The third-order valence-electron chi connectivity index (χ3n) is 2.93. The highest BCUT2D eigenvalue weighted by Crippen LogP contribution is 2.18. The van der Waals surface area contributed by atoms with Crippen molar-refractivity contribution in [3.63, 3.8) is 0 Å². The summed E-state index contributed by atoms with van der Waals surface area (Å²) in [5.41, 5.74) is 0.0994. The summed E-state index contributed by atoms with van der Waals surface area (Å²) >= 11 is 0. The molecule has 1 atom stereocenters. The molecule has 1 aromatic rings. The van der Waals surface area contributed by atoms with E-state index in [1.807, 2.05) is 6.92 Å². The molecule has 0 aliphatic rings. The average molecular weight is 239 g/mol. The van der Waals surface area contributed by atoms with Crippen LogP contribution in [0.1, 0.15) is 31.1 Å². The van der Waals surface area contributed by atoms with Crippen molar-refractivity contribution in [1.82, 2.24) is 5.32 Å². The Morgan fingerprint density at radius 2 is 2.06 bits per heavy atom. The van der Waals surface area contributed by atoms with Crippen molar-refractivity contribution < 1.29 is 14.3 Å². The molecule has 1 aromatic carbocycles. The van der Waals surface area contributed by atoms with Crippen LogP contribution in [0.15, 0.2) is 18.2 Å². The minimum atomic E-state index is -0.561. The molecule has 0 aliphatic carbocycles. The second kappa shape index (κ2) is 5.66. The van der Waals surface area contributed by atoms with Gasteiger partial charge in [-0.15, -0.1) is 0 Å². The Labute approximate surface area is 101 Å². The minimum Gasteiger partial charge on any atom is -0.507 e. The van der Waals surface area contributed by atoms with Gasteiger partial charge in [-0.3, -0.25) is 4.79 Å². The Hall–Kier alpha value is -1.58. The molecule has 3 nitrogen and oxygen atoms in total. The molecule has 2 N–H and O–H groups in total. The average Bonchev–Trinajstić information content (AvgIpc) is 2.25. The fourth-order valence-electron chi connectivity index (χ4n) is 1.28. The zero-order valence-corrected chi connectivity index (χ0v) is 10.3. The van der Waals surface area contributed by atoms with E-state index in [0.717, 1.165) is 12.1 Å². The lowest BCUT2D eigenvalue weighted by Gasteiger charge is -2.16. The highest BCUT2D eigenvalue weighted by atomic mass is 19.1. The van der Waals surface area contributed by atoms with Gasteiger partial charge in [-0.1, -0.05) is 20.8 Å². The fourth-order valence-corrected chi connectivity index (χ4v) is 1.28. The lowest BCUT2D eigenvalue weighted by Crippen LogP contribution is -2.30. The number of halogens is 1. The van der Waals surface area contributed by atoms with Gasteiger partial charge in [-0.05, 0) is 24.0 Å². The van der Waals surface area contributed by atoms with Crippen LogP contribution < -0.4 is 5.32 Å². The summed E-state index contributed by atoms with van der Waals surface area (Å²) in [6.45, 7) is 6.72. The first-order valence-corrected chi connectivity index (χ1v) is 5.68. The van der Waals surface area contributed by atoms with Gasteiger partial charge in [0.1, 0.15) is 11.6 Å². The summed E-state index contributed by atoms with van der Waals surface area (Å²) in [6, 6.07) is 3.36.